The highest BCUT2D eigenvalue weighted by atomic mass is 14.9. The molecule has 3 nitrogen and oxygen atoms in total. The van der Waals surface area contributed by atoms with Crippen LogP contribution in [0.2, 0.25) is 0 Å². The van der Waals surface area contributed by atoms with Crippen LogP contribution in [0.1, 0.15) is 36.0 Å². The quantitative estimate of drug-likeness (QED) is 0.446. The lowest BCUT2D eigenvalue weighted by molar-refractivity contribution is 0.725. The summed E-state index contributed by atoms with van der Waals surface area (Å²) in [6.07, 6.45) is 6.16. The smallest absolute Gasteiger partial charge is 0.0733 e. The SMILES string of the molecule is CNCCCc1ccc(-c2cc(NCC3CC3)c3cc4c(cc3n2)C4)cc1. The van der Waals surface area contributed by atoms with E-state index in [1.807, 2.05) is 7.05 Å². The van der Waals surface area contributed by atoms with Gasteiger partial charge in [0.2, 0.25) is 0 Å². The molecular formula is C24H27N3. The molecule has 1 fully saturated rings. The van der Waals surface area contributed by atoms with Crippen molar-refractivity contribution in [1.29, 1.82) is 0 Å². The van der Waals surface area contributed by atoms with E-state index in [-0.39, 0.29) is 0 Å². The average molecular weight is 358 g/mol. The van der Waals surface area contributed by atoms with E-state index >= 15 is 0 Å². The minimum absolute atomic E-state index is 0.859. The number of pyridine rings is 1. The summed E-state index contributed by atoms with van der Waals surface area (Å²) in [6.45, 7) is 2.15. The molecule has 27 heavy (non-hydrogen) atoms. The molecule has 0 aliphatic heterocycles. The molecule has 1 saturated carbocycles. The van der Waals surface area contributed by atoms with Crippen LogP contribution in [-0.4, -0.2) is 25.1 Å². The number of aryl methyl sites for hydroxylation is 1. The predicted octanol–water partition coefficient (Wildman–Crippen LogP) is 4.78. The normalized spacial score (nSPS) is 15.0. The van der Waals surface area contributed by atoms with Crippen molar-refractivity contribution >= 4 is 16.6 Å². The maximum Gasteiger partial charge on any atom is 0.0733 e. The van der Waals surface area contributed by atoms with Gasteiger partial charge in [-0.05, 0) is 86.5 Å². The van der Waals surface area contributed by atoms with Crippen molar-refractivity contribution in [1.82, 2.24) is 10.3 Å². The van der Waals surface area contributed by atoms with Crippen molar-refractivity contribution in [3.8, 4) is 11.3 Å². The minimum Gasteiger partial charge on any atom is -0.384 e. The number of rotatable bonds is 8. The Bertz CT molecular complexity index is 971. The Morgan fingerprint density at radius 1 is 1.04 bits per heavy atom. The highest BCUT2D eigenvalue weighted by Gasteiger charge is 2.23. The highest BCUT2D eigenvalue weighted by Crippen LogP contribution is 2.37. The van der Waals surface area contributed by atoms with Crippen LogP contribution in [0.15, 0.2) is 42.5 Å². The molecule has 1 heterocycles. The van der Waals surface area contributed by atoms with Gasteiger partial charge in [-0.25, -0.2) is 4.98 Å². The van der Waals surface area contributed by atoms with E-state index in [4.69, 9.17) is 4.98 Å². The van der Waals surface area contributed by atoms with E-state index < -0.39 is 0 Å². The summed E-state index contributed by atoms with van der Waals surface area (Å²) in [5, 5.41) is 8.20. The standard InChI is InChI=1S/C24H27N3/c1-25-10-2-3-16-6-8-18(9-7-16)22-14-23(26-15-17-4-5-17)21-12-19-11-20(19)13-24(21)27-22/h6-9,12-14,17,25H,2-5,10-11,15H2,1H3,(H,26,27). The first kappa shape index (κ1) is 16.8. The first-order valence-electron chi connectivity index (χ1n) is 10.2. The van der Waals surface area contributed by atoms with Crippen molar-refractivity contribution in [2.75, 3.05) is 25.5 Å². The molecule has 0 amide bonds. The van der Waals surface area contributed by atoms with Gasteiger partial charge in [0.05, 0.1) is 11.2 Å². The molecule has 2 aliphatic carbocycles. The maximum absolute atomic E-state index is 5.00. The summed E-state index contributed by atoms with van der Waals surface area (Å²) in [5.41, 5.74) is 8.98. The fraction of sp³-hybridized carbons (Fsp3) is 0.375. The second kappa shape index (κ2) is 6.97. The van der Waals surface area contributed by atoms with Crippen molar-refractivity contribution in [3.63, 3.8) is 0 Å². The number of nitrogens with one attached hydrogen (secondary N) is 2. The van der Waals surface area contributed by atoms with Crippen LogP contribution < -0.4 is 10.6 Å². The van der Waals surface area contributed by atoms with Gasteiger partial charge in [-0.3, -0.25) is 0 Å². The summed E-state index contributed by atoms with van der Waals surface area (Å²) in [7, 11) is 2.01. The monoisotopic (exact) mass is 357 g/mol. The molecule has 1 aromatic heterocycles. The summed E-state index contributed by atoms with van der Waals surface area (Å²) >= 11 is 0. The number of benzene rings is 2. The Morgan fingerprint density at radius 3 is 2.63 bits per heavy atom. The third-order valence-electron chi connectivity index (χ3n) is 5.81. The van der Waals surface area contributed by atoms with Crippen molar-refractivity contribution < 1.29 is 0 Å². The van der Waals surface area contributed by atoms with Gasteiger partial charge in [0, 0.05) is 23.2 Å². The lowest BCUT2D eigenvalue weighted by Crippen LogP contribution is -2.08. The van der Waals surface area contributed by atoms with Crippen LogP contribution in [0.4, 0.5) is 5.69 Å². The van der Waals surface area contributed by atoms with E-state index in [1.54, 1.807) is 0 Å². The molecule has 2 N–H and O–H groups in total. The van der Waals surface area contributed by atoms with Gasteiger partial charge in [0.25, 0.3) is 0 Å². The molecule has 0 spiro atoms. The van der Waals surface area contributed by atoms with Gasteiger partial charge in [0.15, 0.2) is 0 Å². The summed E-state index contributed by atoms with van der Waals surface area (Å²) < 4.78 is 0. The van der Waals surface area contributed by atoms with Crippen LogP contribution in [-0.2, 0) is 12.8 Å². The highest BCUT2D eigenvalue weighted by molar-refractivity contribution is 5.96. The summed E-state index contributed by atoms with van der Waals surface area (Å²) in [4.78, 5) is 5.00. The Kier molecular flexibility index (Phi) is 4.33. The zero-order valence-electron chi connectivity index (χ0n) is 16.0. The van der Waals surface area contributed by atoms with E-state index in [9.17, 15) is 0 Å². The Balaban J connectivity index is 1.45. The minimum atomic E-state index is 0.859. The number of anilines is 1. The molecule has 0 saturated heterocycles. The topological polar surface area (TPSA) is 37.0 Å². The molecule has 2 aliphatic rings. The molecule has 2 aromatic carbocycles. The van der Waals surface area contributed by atoms with Gasteiger partial charge in [-0.15, -0.1) is 0 Å². The van der Waals surface area contributed by atoms with E-state index in [1.165, 1.54) is 52.6 Å². The predicted molar refractivity (Wildman–Crippen MR) is 113 cm³/mol. The number of hydrogen-bond donors (Lipinski definition) is 2. The molecule has 138 valence electrons. The van der Waals surface area contributed by atoms with Crippen molar-refractivity contribution in [3.05, 3.63) is 59.2 Å². The van der Waals surface area contributed by atoms with Crippen LogP contribution in [0.3, 0.4) is 0 Å². The molecule has 5 rings (SSSR count). The second-order valence-electron chi connectivity index (χ2n) is 8.10. The molecule has 3 heteroatoms. The Labute approximate surface area is 161 Å². The van der Waals surface area contributed by atoms with Gasteiger partial charge in [0.1, 0.15) is 0 Å². The zero-order chi connectivity index (χ0) is 18.2. The van der Waals surface area contributed by atoms with E-state index in [0.29, 0.717) is 0 Å². The maximum atomic E-state index is 5.00. The number of nitrogens with zero attached hydrogens (tertiary/aromatic N) is 1. The zero-order valence-corrected chi connectivity index (χ0v) is 16.0. The van der Waals surface area contributed by atoms with E-state index in [2.05, 4.69) is 53.1 Å². The first-order valence-corrected chi connectivity index (χ1v) is 10.2. The Hall–Kier alpha value is -2.39. The lowest BCUT2D eigenvalue weighted by atomic mass is 10.0. The summed E-state index contributed by atoms with van der Waals surface area (Å²) in [6, 6.07) is 15.8. The molecule has 0 unspecified atom stereocenters. The number of hydrogen-bond acceptors (Lipinski definition) is 3. The summed E-state index contributed by atoms with van der Waals surface area (Å²) in [5.74, 6) is 0.859. The third-order valence-corrected chi connectivity index (χ3v) is 5.81. The van der Waals surface area contributed by atoms with Crippen LogP contribution in [0, 0.1) is 5.92 Å². The van der Waals surface area contributed by atoms with E-state index in [0.717, 1.165) is 43.1 Å². The van der Waals surface area contributed by atoms with Gasteiger partial charge in [-0.1, -0.05) is 24.3 Å². The van der Waals surface area contributed by atoms with Crippen LogP contribution in [0.5, 0.6) is 0 Å². The van der Waals surface area contributed by atoms with Gasteiger partial charge >= 0.3 is 0 Å². The molecule has 0 atom stereocenters. The third kappa shape index (κ3) is 3.70. The van der Waals surface area contributed by atoms with Crippen molar-refractivity contribution in [2.45, 2.75) is 32.1 Å². The fourth-order valence-corrected chi connectivity index (χ4v) is 3.81. The average Bonchev–Trinajstić information content (AvgIpc) is 3.60. The lowest BCUT2D eigenvalue weighted by Gasteiger charge is -2.12. The molecule has 0 bridgehead atoms. The molecule has 0 radical (unpaired) electrons. The first-order chi connectivity index (χ1) is 13.3. The van der Waals surface area contributed by atoms with Crippen LogP contribution in [0.25, 0.3) is 22.2 Å². The number of aromatic nitrogens is 1. The largest absolute Gasteiger partial charge is 0.384 e. The van der Waals surface area contributed by atoms with Crippen molar-refractivity contribution in [2.24, 2.45) is 5.92 Å². The number of fused-ring (bicyclic) bond motifs is 2. The van der Waals surface area contributed by atoms with Gasteiger partial charge in [-0.2, -0.15) is 0 Å². The van der Waals surface area contributed by atoms with Gasteiger partial charge < -0.3 is 10.6 Å². The molecule has 3 aromatic rings. The fourth-order valence-electron chi connectivity index (χ4n) is 3.81. The molecular weight excluding hydrogens is 330 g/mol. The Morgan fingerprint density at radius 2 is 1.85 bits per heavy atom. The van der Waals surface area contributed by atoms with Crippen LogP contribution >= 0.6 is 0 Å². The second-order valence-corrected chi connectivity index (χ2v) is 8.10.